The predicted molar refractivity (Wildman–Crippen MR) is 107 cm³/mol. The van der Waals surface area contributed by atoms with Gasteiger partial charge in [-0.25, -0.2) is 9.07 Å². The summed E-state index contributed by atoms with van der Waals surface area (Å²) < 4.78 is 53.1. The predicted octanol–water partition coefficient (Wildman–Crippen LogP) is 4.24. The normalized spacial score (nSPS) is 11.3. The molecule has 0 radical (unpaired) electrons. The standard InChI is InChI=1S/C20H17F4N5O3/c1-11-16(12(2)28(27-11)15-6-4-14(21)5-7-15)10-19(30)26-25-17-8-3-13(20(22,23)24)9-18(17)29(31)32/h3-9,25H,10H2,1-2H3,(H,26,30). The van der Waals surface area contributed by atoms with Crippen molar-refractivity contribution in [3.8, 4) is 5.69 Å². The van der Waals surface area contributed by atoms with Crippen LogP contribution in [0.25, 0.3) is 5.69 Å². The molecule has 0 aliphatic carbocycles. The number of anilines is 1. The Balaban J connectivity index is 1.75. The molecule has 0 bridgehead atoms. The van der Waals surface area contributed by atoms with Crippen LogP contribution in [0.4, 0.5) is 28.9 Å². The molecule has 0 fully saturated rings. The van der Waals surface area contributed by atoms with E-state index in [9.17, 15) is 32.5 Å². The summed E-state index contributed by atoms with van der Waals surface area (Å²) in [6.07, 6.45) is -4.90. The fraction of sp³-hybridized carbons (Fsp3) is 0.200. The van der Waals surface area contributed by atoms with Gasteiger partial charge in [-0.2, -0.15) is 18.3 Å². The Labute approximate surface area is 179 Å². The minimum atomic E-state index is -4.74. The number of halogens is 4. The summed E-state index contributed by atoms with van der Waals surface area (Å²) in [6, 6.07) is 7.54. The van der Waals surface area contributed by atoms with Crippen LogP contribution in [0, 0.1) is 29.8 Å². The SMILES string of the molecule is Cc1nn(-c2ccc(F)cc2)c(C)c1CC(=O)NNc1ccc(C(F)(F)F)cc1[N+](=O)[O-]. The lowest BCUT2D eigenvalue weighted by atomic mass is 10.1. The van der Waals surface area contributed by atoms with Gasteiger partial charge in [-0.1, -0.05) is 0 Å². The molecule has 0 saturated heterocycles. The van der Waals surface area contributed by atoms with Crippen molar-refractivity contribution in [1.29, 1.82) is 0 Å². The van der Waals surface area contributed by atoms with Crippen LogP contribution in [0.1, 0.15) is 22.5 Å². The largest absolute Gasteiger partial charge is 0.416 e. The van der Waals surface area contributed by atoms with Crippen molar-refractivity contribution in [2.24, 2.45) is 0 Å². The van der Waals surface area contributed by atoms with E-state index in [1.807, 2.05) is 0 Å². The van der Waals surface area contributed by atoms with E-state index in [4.69, 9.17) is 0 Å². The third-order valence-corrected chi connectivity index (χ3v) is 4.71. The first-order chi connectivity index (χ1) is 15.0. The molecule has 32 heavy (non-hydrogen) atoms. The van der Waals surface area contributed by atoms with Crippen LogP contribution in [0.2, 0.25) is 0 Å². The quantitative estimate of drug-likeness (QED) is 0.332. The lowest BCUT2D eigenvalue weighted by molar-refractivity contribution is -0.384. The molecule has 1 heterocycles. The van der Waals surface area contributed by atoms with E-state index in [1.54, 1.807) is 18.5 Å². The molecule has 0 saturated carbocycles. The van der Waals surface area contributed by atoms with Gasteiger partial charge in [0.05, 0.1) is 28.3 Å². The summed E-state index contributed by atoms with van der Waals surface area (Å²) in [6.45, 7) is 3.41. The molecule has 3 aromatic rings. The molecule has 0 aliphatic heterocycles. The summed E-state index contributed by atoms with van der Waals surface area (Å²) in [5.41, 5.74) is 4.58. The number of nitrogens with zero attached hydrogens (tertiary/aromatic N) is 3. The van der Waals surface area contributed by atoms with Crippen molar-refractivity contribution in [2.45, 2.75) is 26.4 Å². The first-order valence-electron chi connectivity index (χ1n) is 9.19. The van der Waals surface area contributed by atoms with Crippen molar-refractivity contribution in [3.63, 3.8) is 0 Å². The highest BCUT2D eigenvalue weighted by Gasteiger charge is 2.33. The van der Waals surface area contributed by atoms with E-state index >= 15 is 0 Å². The van der Waals surface area contributed by atoms with Gasteiger partial charge in [-0.05, 0) is 50.2 Å². The van der Waals surface area contributed by atoms with E-state index in [1.165, 1.54) is 24.3 Å². The second kappa shape index (κ2) is 8.65. The van der Waals surface area contributed by atoms with Gasteiger partial charge in [-0.15, -0.1) is 0 Å². The van der Waals surface area contributed by atoms with E-state index in [-0.39, 0.29) is 12.1 Å². The van der Waals surface area contributed by atoms with Gasteiger partial charge in [0.1, 0.15) is 11.5 Å². The highest BCUT2D eigenvalue weighted by atomic mass is 19.4. The number of nitro groups is 1. The van der Waals surface area contributed by atoms with Gasteiger partial charge < -0.3 is 0 Å². The zero-order valence-corrected chi connectivity index (χ0v) is 16.8. The number of nitro benzene ring substituents is 1. The summed E-state index contributed by atoms with van der Waals surface area (Å²) in [7, 11) is 0. The second-order valence-electron chi connectivity index (χ2n) is 6.87. The number of aryl methyl sites for hydroxylation is 1. The molecule has 2 aromatic carbocycles. The summed E-state index contributed by atoms with van der Waals surface area (Å²) in [5, 5.41) is 15.5. The number of nitrogens with one attached hydrogen (secondary N) is 2. The van der Waals surface area contributed by atoms with Gasteiger partial charge in [0.2, 0.25) is 5.91 Å². The number of carbonyl (C=O) groups is 1. The number of hydrazine groups is 1. The second-order valence-corrected chi connectivity index (χ2v) is 6.87. The molecular formula is C20H17F4N5O3. The number of rotatable bonds is 6. The molecule has 3 rings (SSSR count). The van der Waals surface area contributed by atoms with Gasteiger partial charge >= 0.3 is 6.18 Å². The average Bonchev–Trinajstić information content (AvgIpc) is 3.00. The number of carbonyl (C=O) groups excluding carboxylic acids is 1. The maximum atomic E-state index is 13.2. The van der Waals surface area contributed by atoms with Gasteiger partial charge in [0, 0.05) is 17.3 Å². The molecule has 168 valence electrons. The number of alkyl halides is 3. The third kappa shape index (κ3) is 4.85. The Kier molecular flexibility index (Phi) is 6.14. The molecule has 0 unspecified atom stereocenters. The maximum Gasteiger partial charge on any atom is 0.416 e. The highest BCUT2D eigenvalue weighted by Crippen LogP contribution is 2.34. The van der Waals surface area contributed by atoms with Crippen LogP contribution in [0.5, 0.6) is 0 Å². The first kappa shape index (κ1) is 22.7. The average molecular weight is 451 g/mol. The number of hydrogen-bond donors (Lipinski definition) is 2. The van der Waals surface area contributed by atoms with Crippen LogP contribution in [-0.4, -0.2) is 20.6 Å². The van der Waals surface area contributed by atoms with Crippen molar-refractivity contribution in [1.82, 2.24) is 15.2 Å². The third-order valence-electron chi connectivity index (χ3n) is 4.71. The van der Waals surface area contributed by atoms with Crippen molar-refractivity contribution >= 4 is 17.3 Å². The number of benzene rings is 2. The molecule has 12 heteroatoms. The zero-order chi connectivity index (χ0) is 23.6. The Bertz CT molecular complexity index is 1170. The fourth-order valence-electron chi connectivity index (χ4n) is 3.07. The smallest absolute Gasteiger partial charge is 0.292 e. The van der Waals surface area contributed by atoms with Crippen molar-refractivity contribution in [2.75, 3.05) is 5.43 Å². The van der Waals surface area contributed by atoms with Crippen molar-refractivity contribution in [3.05, 3.63) is 80.9 Å². The van der Waals surface area contributed by atoms with Crippen LogP contribution >= 0.6 is 0 Å². The Hall–Kier alpha value is -3.96. The molecule has 0 spiro atoms. The minimum Gasteiger partial charge on any atom is -0.292 e. The molecule has 2 N–H and O–H groups in total. The van der Waals surface area contributed by atoms with Gasteiger partial charge in [0.15, 0.2) is 0 Å². The van der Waals surface area contributed by atoms with E-state index in [2.05, 4.69) is 16.0 Å². The fourth-order valence-corrected chi connectivity index (χ4v) is 3.07. The summed E-state index contributed by atoms with van der Waals surface area (Å²) >= 11 is 0. The van der Waals surface area contributed by atoms with Crippen LogP contribution in [0.3, 0.4) is 0 Å². The van der Waals surface area contributed by atoms with E-state index < -0.39 is 34.1 Å². The molecule has 1 aromatic heterocycles. The molecule has 0 aliphatic rings. The van der Waals surface area contributed by atoms with Crippen molar-refractivity contribution < 1.29 is 27.3 Å². The summed E-state index contributed by atoms with van der Waals surface area (Å²) in [4.78, 5) is 22.5. The highest BCUT2D eigenvalue weighted by molar-refractivity contribution is 5.81. The number of hydrogen-bond acceptors (Lipinski definition) is 5. The lowest BCUT2D eigenvalue weighted by Gasteiger charge is -2.11. The van der Waals surface area contributed by atoms with E-state index in [0.717, 1.165) is 6.07 Å². The minimum absolute atomic E-state index is 0.152. The Morgan fingerprint density at radius 2 is 1.81 bits per heavy atom. The van der Waals surface area contributed by atoms with Gasteiger partial charge in [0.25, 0.3) is 5.69 Å². The van der Waals surface area contributed by atoms with Crippen LogP contribution in [0.15, 0.2) is 42.5 Å². The zero-order valence-electron chi connectivity index (χ0n) is 16.8. The molecule has 0 atom stereocenters. The topological polar surface area (TPSA) is 102 Å². The van der Waals surface area contributed by atoms with E-state index in [0.29, 0.717) is 34.8 Å². The maximum absolute atomic E-state index is 13.2. The lowest BCUT2D eigenvalue weighted by Crippen LogP contribution is -2.31. The molecular weight excluding hydrogens is 434 g/mol. The number of amides is 1. The Morgan fingerprint density at radius 1 is 1.16 bits per heavy atom. The monoisotopic (exact) mass is 451 g/mol. The Morgan fingerprint density at radius 3 is 2.41 bits per heavy atom. The molecule has 1 amide bonds. The number of aromatic nitrogens is 2. The summed E-state index contributed by atoms with van der Waals surface area (Å²) in [5.74, 6) is -0.998. The molecule has 8 nitrogen and oxygen atoms in total. The van der Waals surface area contributed by atoms with Crippen LogP contribution < -0.4 is 10.9 Å². The first-order valence-corrected chi connectivity index (χ1v) is 9.19. The van der Waals surface area contributed by atoms with Crippen LogP contribution in [-0.2, 0) is 17.4 Å². The van der Waals surface area contributed by atoms with Gasteiger partial charge in [-0.3, -0.25) is 25.8 Å².